The standard InChI is InChI=1S/C27H39N9O/c1-3-4-9-30-27-31-16-23-21-8-5-18(17-35-12-10-34(2)11-13-35)14-22(21)25(37)36(24(23)33-27)20-7-6-19(15-20)32-26(28)29/h5,8,14,16,19-20H,3-4,6-7,9-13,15,17H2,1-2H3,(H4,28,29,32)(H,30,31,33)/t19-,20-/m0/s1. The molecule has 1 aromatic carbocycles. The Labute approximate surface area is 217 Å². The van der Waals surface area contributed by atoms with Crippen LogP contribution in [0.1, 0.15) is 50.6 Å². The molecule has 0 bridgehead atoms. The summed E-state index contributed by atoms with van der Waals surface area (Å²) in [5.74, 6) is 0.524. The number of nitrogens with zero attached hydrogens (tertiary/aromatic N) is 5. The number of likely N-dealkylation sites (N-methyl/N-ethyl adjacent to an activating group) is 1. The van der Waals surface area contributed by atoms with E-state index in [9.17, 15) is 4.79 Å². The average molecular weight is 506 g/mol. The normalized spacial score (nSPS) is 21.0. The van der Waals surface area contributed by atoms with Crippen molar-refractivity contribution in [2.45, 2.75) is 57.7 Å². The minimum absolute atomic E-state index is 0.00518. The summed E-state index contributed by atoms with van der Waals surface area (Å²) in [6.07, 6.45) is 6.38. The summed E-state index contributed by atoms with van der Waals surface area (Å²) < 4.78 is 1.88. The van der Waals surface area contributed by atoms with E-state index in [4.69, 9.17) is 16.1 Å². The monoisotopic (exact) mass is 505 g/mol. The Morgan fingerprint density at radius 3 is 2.73 bits per heavy atom. The lowest BCUT2D eigenvalue weighted by Crippen LogP contribution is -2.43. The van der Waals surface area contributed by atoms with Crippen LogP contribution in [-0.2, 0) is 6.54 Å². The van der Waals surface area contributed by atoms with Crippen LogP contribution in [0, 0.1) is 5.41 Å². The second kappa shape index (κ2) is 11.0. The van der Waals surface area contributed by atoms with Crippen LogP contribution in [0.5, 0.6) is 0 Å². The smallest absolute Gasteiger partial charge is 0.260 e. The van der Waals surface area contributed by atoms with Gasteiger partial charge in [-0.25, -0.2) is 4.98 Å². The van der Waals surface area contributed by atoms with Gasteiger partial charge in [-0.3, -0.25) is 19.7 Å². The van der Waals surface area contributed by atoms with Crippen LogP contribution in [-0.4, -0.2) is 76.1 Å². The second-order valence-corrected chi connectivity index (χ2v) is 10.6. The third kappa shape index (κ3) is 5.55. The van der Waals surface area contributed by atoms with Gasteiger partial charge in [0.2, 0.25) is 5.95 Å². The second-order valence-electron chi connectivity index (χ2n) is 10.6. The third-order valence-electron chi connectivity index (χ3n) is 7.77. The van der Waals surface area contributed by atoms with Crippen molar-refractivity contribution in [3.63, 3.8) is 0 Å². The number of hydrogen-bond donors (Lipinski definition) is 4. The highest BCUT2D eigenvalue weighted by molar-refractivity contribution is 6.04. The molecule has 2 fully saturated rings. The van der Waals surface area contributed by atoms with Gasteiger partial charge in [0.05, 0.1) is 0 Å². The fourth-order valence-corrected chi connectivity index (χ4v) is 5.68. The lowest BCUT2D eigenvalue weighted by atomic mass is 10.0. The number of guanidine groups is 1. The molecule has 1 saturated carbocycles. The Kier molecular flexibility index (Phi) is 7.57. The number of nitrogens with two attached hydrogens (primary N) is 1. The number of unbranched alkanes of at least 4 members (excludes halogenated alkanes) is 1. The first-order valence-electron chi connectivity index (χ1n) is 13.5. The summed E-state index contributed by atoms with van der Waals surface area (Å²) in [6, 6.07) is 6.33. The molecule has 0 spiro atoms. The number of fused-ring (bicyclic) bond motifs is 3. The van der Waals surface area contributed by atoms with Crippen LogP contribution in [0.15, 0.2) is 29.2 Å². The van der Waals surface area contributed by atoms with Gasteiger partial charge in [0.25, 0.3) is 5.56 Å². The van der Waals surface area contributed by atoms with E-state index in [0.717, 1.165) is 93.1 Å². The van der Waals surface area contributed by atoms with E-state index in [0.29, 0.717) is 11.6 Å². The number of pyridine rings is 1. The maximum absolute atomic E-state index is 14.1. The molecule has 5 rings (SSSR count). The van der Waals surface area contributed by atoms with Gasteiger partial charge in [0.1, 0.15) is 5.65 Å². The van der Waals surface area contributed by atoms with Gasteiger partial charge < -0.3 is 21.3 Å². The molecule has 10 nitrogen and oxygen atoms in total. The molecule has 3 heterocycles. The molecule has 3 aromatic rings. The van der Waals surface area contributed by atoms with Crippen molar-refractivity contribution in [1.82, 2.24) is 29.7 Å². The van der Waals surface area contributed by atoms with Gasteiger partial charge in [0.15, 0.2) is 5.96 Å². The number of nitrogens with one attached hydrogen (secondary N) is 3. The Morgan fingerprint density at radius 2 is 1.97 bits per heavy atom. The quantitative estimate of drug-likeness (QED) is 0.159. The number of benzene rings is 1. The van der Waals surface area contributed by atoms with Crippen molar-refractivity contribution in [2.24, 2.45) is 5.73 Å². The molecule has 1 aliphatic carbocycles. The number of hydrogen-bond acceptors (Lipinski definition) is 7. The topological polar surface area (TPSA) is 128 Å². The zero-order valence-corrected chi connectivity index (χ0v) is 22.0. The summed E-state index contributed by atoms with van der Waals surface area (Å²) in [5.41, 5.74) is 7.42. The molecule has 1 aliphatic heterocycles. The van der Waals surface area contributed by atoms with E-state index in [-0.39, 0.29) is 23.6 Å². The summed E-state index contributed by atoms with van der Waals surface area (Å²) in [5, 5.41) is 16.5. The molecule has 0 amide bonds. The molecule has 2 atom stereocenters. The molecule has 1 saturated heterocycles. The lowest BCUT2D eigenvalue weighted by molar-refractivity contribution is 0.148. The highest BCUT2D eigenvalue weighted by Crippen LogP contribution is 2.33. The first-order valence-corrected chi connectivity index (χ1v) is 13.5. The zero-order chi connectivity index (χ0) is 25.9. The predicted molar refractivity (Wildman–Crippen MR) is 149 cm³/mol. The van der Waals surface area contributed by atoms with Crippen LogP contribution in [0.2, 0.25) is 0 Å². The molecule has 198 valence electrons. The minimum atomic E-state index is -0.0281. The number of aromatic nitrogens is 3. The van der Waals surface area contributed by atoms with E-state index in [1.165, 1.54) is 0 Å². The molecule has 2 aromatic heterocycles. The number of anilines is 1. The summed E-state index contributed by atoms with van der Waals surface area (Å²) >= 11 is 0. The van der Waals surface area contributed by atoms with Gasteiger partial charge in [0, 0.05) is 68.3 Å². The maximum Gasteiger partial charge on any atom is 0.260 e. The third-order valence-corrected chi connectivity index (χ3v) is 7.77. The van der Waals surface area contributed by atoms with Crippen LogP contribution in [0.3, 0.4) is 0 Å². The molecular formula is C27H39N9O. The van der Waals surface area contributed by atoms with E-state index in [1.54, 1.807) is 0 Å². The highest BCUT2D eigenvalue weighted by Gasteiger charge is 2.29. The van der Waals surface area contributed by atoms with E-state index in [2.05, 4.69) is 57.6 Å². The van der Waals surface area contributed by atoms with E-state index < -0.39 is 0 Å². The first-order chi connectivity index (χ1) is 17.9. The van der Waals surface area contributed by atoms with Crippen molar-refractivity contribution in [3.05, 3.63) is 40.3 Å². The Hall–Kier alpha value is -3.24. The lowest BCUT2D eigenvalue weighted by Gasteiger charge is -2.32. The van der Waals surface area contributed by atoms with Crippen molar-refractivity contribution < 1.29 is 0 Å². The van der Waals surface area contributed by atoms with Crippen molar-refractivity contribution in [1.29, 1.82) is 5.41 Å². The van der Waals surface area contributed by atoms with Gasteiger partial charge in [-0.2, -0.15) is 4.98 Å². The molecule has 10 heteroatoms. The van der Waals surface area contributed by atoms with Gasteiger partial charge in [-0.05, 0) is 49.7 Å². The summed E-state index contributed by atoms with van der Waals surface area (Å²) in [4.78, 5) is 28.3. The zero-order valence-electron chi connectivity index (χ0n) is 22.0. The number of piperazine rings is 1. The molecule has 0 radical (unpaired) electrons. The summed E-state index contributed by atoms with van der Waals surface area (Å²) in [7, 11) is 2.16. The Bertz CT molecular complexity index is 1330. The van der Waals surface area contributed by atoms with Crippen LogP contribution >= 0.6 is 0 Å². The van der Waals surface area contributed by atoms with Crippen LogP contribution < -0.4 is 21.9 Å². The van der Waals surface area contributed by atoms with Crippen LogP contribution in [0.25, 0.3) is 21.8 Å². The van der Waals surface area contributed by atoms with Gasteiger partial charge in [-0.1, -0.05) is 25.5 Å². The van der Waals surface area contributed by atoms with E-state index in [1.807, 2.05) is 10.8 Å². The minimum Gasteiger partial charge on any atom is -0.370 e. The van der Waals surface area contributed by atoms with E-state index >= 15 is 0 Å². The Balaban J connectivity index is 1.56. The average Bonchev–Trinajstić information content (AvgIpc) is 3.33. The fraction of sp³-hybridized carbons (Fsp3) is 0.556. The Morgan fingerprint density at radius 1 is 1.16 bits per heavy atom. The highest BCUT2D eigenvalue weighted by atomic mass is 16.1. The molecule has 37 heavy (non-hydrogen) atoms. The number of rotatable bonds is 8. The van der Waals surface area contributed by atoms with Gasteiger partial charge >= 0.3 is 0 Å². The molecule has 2 aliphatic rings. The predicted octanol–water partition coefficient (Wildman–Crippen LogP) is 2.48. The largest absolute Gasteiger partial charge is 0.370 e. The first kappa shape index (κ1) is 25.4. The van der Waals surface area contributed by atoms with Crippen molar-refractivity contribution >= 4 is 33.7 Å². The fourth-order valence-electron chi connectivity index (χ4n) is 5.68. The molecule has 0 unspecified atom stereocenters. The molecule has 5 N–H and O–H groups in total. The summed E-state index contributed by atoms with van der Waals surface area (Å²) in [6.45, 7) is 7.98. The maximum atomic E-state index is 14.1. The van der Waals surface area contributed by atoms with Gasteiger partial charge in [-0.15, -0.1) is 0 Å². The van der Waals surface area contributed by atoms with Crippen LogP contribution in [0.4, 0.5) is 5.95 Å². The molecular weight excluding hydrogens is 466 g/mol. The SMILES string of the molecule is CCCCNc1ncc2c3ccc(CN4CCN(C)CC4)cc3c(=O)n([C@H]3CC[C@H](NC(=N)N)C3)c2n1. The van der Waals surface area contributed by atoms with Crippen molar-refractivity contribution in [2.75, 3.05) is 45.1 Å². The van der Waals surface area contributed by atoms with Crippen molar-refractivity contribution in [3.8, 4) is 0 Å².